The van der Waals surface area contributed by atoms with E-state index in [-0.39, 0.29) is 13.0 Å². The zero-order valence-corrected chi connectivity index (χ0v) is 6.21. The quantitative estimate of drug-likeness (QED) is 0.605. The van der Waals surface area contributed by atoms with Gasteiger partial charge in [0.1, 0.15) is 0 Å². The van der Waals surface area contributed by atoms with Gasteiger partial charge in [-0.3, -0.25) is 4.79 Å². The molecule has 0 saturated carbocycles. The van der Waals surface area contributed by atoms with Gasteiger partial charge >= 0.3 is 5.97 Å². The van der Waals surface area contributed by atoms with Crippen molar-refractivity contribution < 1.29 is 15.0 Å². The molecule has 0 radical (unpaired) electrons. The molecule has 3 heteroatoms. The SMILES string of the molecule is C[C@@H](CCO)CCC(=O)O. The van der Waals surface area contributed by atoms with Crippen LogP contribution in [-0.4, -0.2) is 22.8 Å². The second-order valence-electron chi connectivity index (χ2n) is 2.55. The molecule has 0 unspecified atom stereocenters. The summed E-state index contributed by atoms with van der Waals surface area (Å²) in [5.74, 6) is -0.439. The minimum absolute atomic E-state index is 0.154. The first-order chi connectivity index (χ1) is 4.66. The van der Waals surface area contributed by atoms with Gasteiger partial charge < -0.3 is 10.2 Å². The lowest BCUT2D eigenvalue weighted by molar-refractivity contribution is -0.137. The Kier molecular flexibility index (Phi) is 4.94. The van der Waals surface area contributed by atoms with Gasteiger partial charge in [0.2, 0.25) is 0 Å². The molecule has 0 amide bonds. The van der Waals surface area contributed by atoms with Crippen LogP contribution in [0.1, 0.15) is 26.2 Å². The topological polar surface area (TPSA) is 57.5 Å². The number of hydrogen-bond acceptors (Lipinski definition) is 2. The highest BCUT2D eigenvalue weighted by atomic mass is 16.4. The minimum atomic E-state index is -0.759. The average Bonchev–Trinajstić information content (AvgIpc) is 1.85. The summed E-state index contributed by atoms with van der Waals surface area (Å²) in [6.07, 6.45) is 1.57. The van der Waals surface area contributed by atoms with Crippen molar-refractivity contribution in [3.8, 4) is 0 Å². The van der Waals surface area contributed by atoms with Gasteiger partial charge in [0.05, 0.1) is 0 Å². The zero-order valence-electron chi connectivity index (χ0n) is 6.21. The Hall–Kier alpha value is -0.570. The van der Waals surface area contributed by atoms with Crippen LogP contribution < -0.4 is 0 Å². The predicted molar refractivity (Wildman–Crippen MR) is 37.7 cm³/mol. The summed E-state index contributed by atoms with van der Waals surface area (Å²) in [6.45, 7) is 2.10. The van der Waals surface area contributed by atoms with Crippen molar-refractivity contribution in [2.75, 3.05) is 6.61 Å². The number of rotatable bonds is 5. The Morgan fingerprint density at radius 1 is 1.50 bits per heavy atom. The molecule has 10 heavy (non-hydrogen) atoms. The highest BCUT2D eigenvalue weighted by molar-refractivity contribution is 5.66. The maximum atomic E-state index is 10.0. The summed E-state index contributed by atoms with van der Waals surface area (Å²) in [5, 5.41) is 16.7. The number of carboxylic acid groups (broad SMARTS) is 1. The van der Waals surface area contributed by atoms with Crippen molar-refractivity contribution in [3.05, 3.63) is 0 Å². The summed E-state index contributed by atoms with van der Waals surface area (Å²) < 4.78 is 0. The van der Waals surface area contributed by atoms with Crippen LogP contribution in [0.4, 0.5) is 0 Å². The Balaban J connectivity index is 3.21. The van der Waals surface area contributed by atoms with Crippen molar-refractivity contribution in [2.24, 2.45) is 5.92 Å². The molecule has 0 aromatic rings. The normalized spacial score (nSPS) is 13.0. The monoisotopic (exact) mass is 146 g/mol. The smallest absolute Gasteiger partial charge is 0.303 e. The van der Waals surface area contributed by atoms with Crippen LogP contribution in [-0.2, 0) is 4.79 Å². The first-order valence-corrected chi connectivity index (χ1v) is 3.49. The van der Waals surface area contributed by atoms with Crippen molar-refractivity contribution in [2.45, 2.75) is 26.2 Å². The number of carboxylic acids is 1. The number of hydrogen-bond donors (Lipinski definition) is 2. The molecule has 0 aromatic carbocycles. The summed E-state index contributed by atoms with van der Waals surface area (Å²) >= 11 is 0. The van der Waals surface area contributed by atoms with Crippen molar-refractivity contribution in [3.63, 3.8) is 0 Å². The highest BCUT2D eigenvalue weighted by Crippen LogP contribution is 2.08. The highest BCUT2D eigenvalue weighted by Gasteiger charge is 2.03. The molecule has 0 aliphatic heterocycles. The maximum absolute atomic E-state index is 10.0. The first-order valence-electron chi connectivity index (χ1n) is 3.49. The van der Waals surface area contributed by atoms with E-state index in [9.17, 15) is 4.79 Å². The number of aliphatic hydroxyl groups excluding tert-OH is 1. The standard InChI is InChI=1S/C7H14O3/c1-6(4-5-8)2-3-7(9)10/h6,8H,2-5H2,1H3,(H,9,10)/t6-/m1/s1. The molecule has 0 bridgehead atoms. The van der Waals surface area contributed by atoms with E-state index in [1.807, 2.05) is 6.92 Å². The second kappa shape index (κ2) is 5.23. The molecule has 0 aromatic heterocycles. The third-order valence-corrected chi connectivity index (χ3v) is 1.47. The molecule has 60 valence electrons. The van der Waals surface area contributed by atoms with Gasteiger partial charge in [-0.1, -0.05) is 6.92 Å². The van der Waals surface area contributed by atoms with Crippen LogP contribution in [0.5, 0.6) is 0 Å². The van der Waals surface area contributed by atoms with Crippen molar-refractivity contribution in [1.29, 1.82) is 0 Å². The van der Waals surface area contributed by atoms with Crippen LogP contribution in [0.2, 0.25) is 0 Å². The van der Waals surface area contributed by atoms with Crippen LogP contribution >= 0.6 is 0 Å². The minimum Gasteiger partial charge on any atom is -0.481 e. The van der Waals surface area contributed by atoms with Gasteiger partial charge in [-0.25, -0.2) is 0 Å². The van der Waals surface area contributed by atoms with E-state index in [0.29, 0.717) is 18.8 Å². The van der Waals surface area contributed by atoms with E-state index in [0.717, 1.165) is 0 Å². The van der Waals surface area contributed by atoms with Crippen LogP contribution in [0, 0.1) is 5.92 Å². The van der Waals surface area contributed by atoms with Gasteiger partial charge in [-0.15, -0.1) is 0 Å². The fourth-order valence-electron chi connectivity index (χ4n) is 0.735. The van der Waals surface area contributed by atoms with Crippen LogP contribution in [0.25, 0.3) is 0 Å². The summed E-state index contributed by atoms with van der Waals surface area (Å²) in [6, 6.07) is 0. The van der Waals surface area contributed by atoms with E-state index in [1.54, 1.807) is 0 Å². The zero-order chi connectivity index (χ0) is 7.98. The fourth-order valence-corrected chi connectivity index (χ4v) is 0.735. The molecule has 2 N–H and O–H groups in total. The molecule has 0 aliphatic carbocycles. The lowest BCUT2D eigenvalue weighted by Crippen LogP contribution is -2.02. The van der Waals surface area contributed by atoms with E-state index in [2.05, 4.69) is 0 Å². The van der Waals surface area contributed by atoms with Gasteiger partial charge in [-0.2, -0.15) is 0 Å². The Bertz CT molecular complexity index is 101. The third-order valence-electron chi connectivity index (χ3n) is 1.47. The van der Waals surface area contributed by atoms with E-state index < -0.39 is 5.97 Å². The van der Waals surface area contributed by atoms with Crippen LogP contribution in [0.15, 0.2) is 0 Å². The fraction of sp³-hybridized carbons (Fsp3) is 0.857. The second-order valence-corrected chi connectivity index (χ2v) is 2.55. The average molecular weight is 146 g/mol. The molecular formula is C7H14O3. The number of aliphatic hydroxyl groups is 1. The Labute approximate surface area is 60.7 Å². The largest absolute Gasteiger partial charge is 0.481 e. The lowest BCUT2D eigenvalue weighted by atomic mass is 10.0. The molecule has 0 heterocycles. The lowest BCUT2D eigenvalue weighted by Gasteiger charge is -2.05. The Morgan fingerprint density at radius 2 is 2.10 bits per heavy atom. The molecule has 0 rings (SSSR count). The summed E-state index contributed by atoms with van der Waals surface area (Å²) in [4.78, 5) is 10.0. The van der Waals surface area contributed by atoms with Gasteiger partial charge in [0.25, 0.3) is 0 Å². The van der Waals surface area contributed by atoms with E-state index in [1.165, 1.54) is 0 Å². The first kappa shape index (κ1) is 9.43. The van der Waals surface area contributed by atoms with E-state index in [4.69, 9.17) is 10.2 Å². The number of aliphatic carboxylic acids is 1. The van der Waals surface area contributed by atoms with E-state index >= 15 is 0 Å². The summed E-state index contributed by atoms with van der Waals surface area (Å²) in [7, 11) is 0. The van der Waals surface area contributed by atoms with Gasteiger partial charge in [0.15, 0.2) is 0 Å². The number of carbonyl (C=O) groups is 1. The molecule has 0 spiro atoms. The predicted octanol–water partition coefficient (Wildman–Crippen LogP) is 0.870. The molecule has 0 aliphatic rings. The third kappa shape index (κ3) is 5.56. The molecule has 1 atom stereocenters. The van der Waals surface area contributed by atoms with Crippen LogP contribution in [0.3, 0.4) is 0 Å². The molecule has 0 saturated heterocycles. The Morgan fingerprint density at radius 3 is 2.50 bits per heavy atom. The molecular weight excluding hydrogens is 132 g/mol. The van der Waals surface area contributed by atoms with Gasteiger partial charge in [0, 0.05) is 13.0 Å². The van der Waals surface area contributed by atoms with Crippen molar-refractivity contribution in [1.82, 2.24) is 0 Å². The van der Waals surface area contributed by atoms with Gasteiger partial charge in [-0.05, 0) is 18.8 Å². The van der Waals surface area contributed by atoms with Crippen molar-refractivity contribution >= 4 is 5.97 Å². The molecule has 0 fully saturated rings. The molecule has 3 nitrogen and oxygen atoms in total. The maximum Gasteiger partial charge on any atom is 0.303 e. The summed E-state index contributed by atoms with van der Waals surface area (Å²) in [5.41, 5.74) is 0.